The summed E-state index contributed by atoms with van der Waals surface area (Å²) < 4.78 is 0. The van der Waals surface area contributed by atoms with Gasteiger partial charge in [0.05, 0.1) is 20.6 Å². The number of hydrogen-bond donors (Lipinski definition) is 2. The van der Waals surface area contributed by atoms with Crippen LogP contribution in [0.3, 0.4) is 0 Å². The molecule has 1 atom stereocenters. The molecule has 0 fully saturated rings. The maximum absolute atomic E-state index is 9.13. The lowest BCUT2D eigenvalue weighted by Gasteiger charge is -2.17. The van der Waals surface area contributed by atoms with Crippen LogP contribution in [0, 0.1) is 5.92 Å². The van der Waals surface area contributed by atoms with Gasteiger partial charge < -0.3 is 27.0 Å². The first-order chi connectivity index (χ1) is 10.7. The molecule has 0 bridgehead atoms. The van der Waals surface area contributed by atoms with E-state index < -0.39 is 0 Å². The molecule has 0 aliphatic rings. The van der Waals surface area contributed by atoms with Crippen molar-refractivity contribution in [1.82, 2.24) is 0 Å². The standard InChI is InChI=1S/C20H43NO.BrH/c1-4-5-6-7-8-9-10-11-12-13-14-15-16-20(17-18-22)19-21(2)3;/h20,22H,4-19H2,1-3H3;1H. The first kappa shape index (κ1) is 25.6. The van der Waals surface area contributed by atoms with E-state index in [1.54, 1.807) is 0 Å². The van der Waals surface area contributed by atoms with Crippen molar-refractivity contribution < 1.29 is 27.0 Å². The third kappa shape index (κ3) is 20.4. The van der Waals surface area contributed by atoms with Crippen LogP contribution in [0.4, 0.5) is 0 Å². The Hall–Kier alpha value is 0.400. The van der Waals surface area contributed by atoms with Gasteiger partial charge in [-0.1, -0.05) is 84.0 Å². The van der Waals surface area contributed by atoms with Crippen molar-refractivity contribution in [2.75, 3.05) is 27.2 Å². The summed E-state index contributed by atoms with van der Waals surface area (Å²) in [5, 5.41) is 9.13. The second-order valence-electron chi connectivity index (χ2n) is 7.47. The molecule has 0 saturated carbocycles. The minimum atomic E-state index is 0. The quantitative estimate of drug-likeness (QED) is 0.357. The third-order valence-electron chi connectivity index (χ3n) is 4.70. The molecule has 2 nitrogen and oxygen atoms in total. The van der Waals surface area contributed by atoms with Crippen LogP contribution >= 0.6 is 0 Å². The summed E-state index contributed by atoms with van der Waals surface area (Å²) in [6.07, 6.45) is 19.4. The Morgan fingerprint density at radius 2 is 1.13 bits per heavy atom. The molecule has 0 amide bonds. The highest BCUT2D eigenvalue weighted by molar-refractivity contribution is 4.58. The van der Waals surface area contributed by atoms with Gasteiger partial charge in [0.2, 0.25) is 0 Å². The van der Waals surface area contributed by atoms with Gasteiger partial charge in [-0.05, 0) is 12.8 Å². The molecule has 142 valence electrons. The van der Waals surface area contributed by atoms with Crippen molar-refractivity contribution in [3.05, 3.63) is 0 Å². The maximum atomic E-state index is 9.13. The molecule has 0 heterocycles. The zero-order valence-electron chi connectivity index (χ0n) is 16.2. The highest BCUT2D eigenvalue weighted by atomic mass is 79.9. The van der Waals surface area contributed by atoms with Crippen molar-refractivity contribution >= 4 is 0 Å². The largest absolute Gasteiger partial charge is 1.00 e. The van der Waals surface area contributed by atoms with Crippen LogP contribution < -0.4 is 21.9 Å². The summed E-state index contributed by atoms with van der Waals surface area (Å²) in [6.45, 7) is 3.85. The van der Waals surface area contributed by atoms with Gasteiger partial charge in [-0.25, -0.2) is 0 Å². The van der Waals surface area contributed by atoms with Crippen LogP contribution in [0.1, 0.15) is 96.8 Å². The molecule has 0 aromatic rings. The smallest absolute Gasteiger partial charge is 0.0796 e. The second kappa shape index (κ2) is 20.4. The van der Waals surface area contributed by atoms with E-state index in [1.807, 2.05) is 0 Å². The minimum Gasteiger partial charge on any atom is -1.00 e. The van der Waals surface area contributed by atoms with E-state index in [0.29, 0.717) is 6.61 Å². The Kier molecular flexibility index (Phi) is 22.8. The molecule has 0 aliphatic heterocycles. The Bertz CT molecular complexity index is 212. The van der Waals surface area contributed by atoms with Gasteiger partial charge in [-0.15, -0.1) is 0 Å². The number of aliphatic hydroxyl groups is 1. The second-order valence-corrected chi connectivity index (χ2v) is 7.47. The van der Waals surface area contributed by atoms with Gasteiger partial charge in [-0.2, -0.15) is 0 Å². The Labute approximate surface area is 157 Å². The molecule has 0 saturated heterocycles. The van der Waals surface area contributed by atoms with Gasteiger partial charge in [0.15, 0.2) is 0 Å². The van der Waals surface area contributed by atoms with Crippen molar-refractivity contribution in [1.29, 1.82) is 0 Å². The van der Waals surface area contributed by atoms with E-state index in [0.717, 1.165) is 12.3 Å². The Balaban J connectivity index is 0. The molecule has 3 heteroatoms. The predicted octanol–water partition coefficient (Wildman–Crippen LogP) is 1.22. The number of unbranched alkanes of at least 4 members (excludes halogenated alkanes) is 11. The zero-order chi connectivity index (χ0) is 16.5. The summed E-state index contributed by atoms with van der Waals surface area (Å²) in [5.41, 5.74) is 0. The van der Waals surface area contributed by atoms with E-state index in [4.69, 9.17) is 5.11 Å². The number of halogens is 1. The van der Waals surface area contributed by atoms with Crippen molar-refractivity contribution in [2.24, 2.45) is 5.92 Å². The molecule has 0 aromatic heterocycles. The molecule has 0 aliphatic carbocycles. The fraction of sp³-hybridized carbons (Fsp3) is 1.00. The Morgan fingerprint density at radius 3 is 1.52 bits per heavy atom. The molecule has 0 aromatic carbocycles. The topological polar surface area (TPSA) is 24.7 Å². The number of hydrogen-bond acceptors (Lipinski definition) is 1. The van der Waals surface area contributed by atoms with E-state index in [9.17, 15) is 0 Å². The van der Waals surface area contributed by atoms with Crippen LogP contribution in [-0.4, -0.2) is 32.4 Å². The lowest BCUT2D eigenvalue weighted by Crippen LogP contribution is -3.06. The van der Waals surface area contributed by atoms with Gasteiger partial charge in [0, 0.05) is 12.5 Å². The van der Waals surface area contributed by atoms with E-state index in [-0.39, 0.29) is 17.0 Å². The number of aliphatic hydroxyl groups excluding tert-OH is 1. The monoisotopic (exact) mass is 393 g/mol. The number of rotatable bonds is 17. The third-order valence-corrected chi connectivity index (χ3v) is 4.70. The van der Waals surface area contributed by atoms with Crippen LogP contribution in [0.5, 0.6) is 0 Å². The summed E-state index contributed by atoms with van der Waals surface area (Å²) in [4.78, 5) is 1.51. The maximum Gasteiger partial charge on any atom is 0.0796 e. The lowest BCUT2D eigenvalue weighted by atomic mass is 9.97. The van der Waals surface area contributed by atoms with Gasteiger partial charge >= 0.3 is 0 Å². The first-order valence-corrected chi connectivity index (χ1v) is 10.1. The fourth-order valence-electron chi connectivity index (χ4n) is 3.38. The highest BCUT2D eigenvalue weighted by Gasteiger charge is 2.11. The number of quaternary nitrogens is 1. The predicted molar refractivity (Wildman–Crippen MR) is 98.6 cm³/mol. The normalized spacial score (nSPS) is 12.4. The van der Waals surface area contributed by atoms with Crippen LogP contribution in [0.25, 0.3) is 0 Å². The molecule has 0 rings (SSSR count). The van der Waals surface area contributed by atoms with Gasteiger partial charge in [0.25, 0.3) is 0 Å². The average molecular weight is 394 g/mol. The van der Waals surface area contributed by atoms with Gasteiger partial charge in [0.1, 0.15) is 0 Å². The van der Waals surface area contributed by atoms with Crippen molar-refractivity contribution in [2.45, 2.75) is 96.8 Å². The van der Waals surface area contributed by atoms with Crippen molar-refractivity contribution in [3.63, 3.8) is 0 Å². The molecular weight excluding hydrogens is 350 g/mol. The number of nitrogens with one attached hydrogen (secondary N) is 1. The zero-order valence-corrected chi connectivity index (χ0v) is 17.8. The highest BCUT2D eigenvalue weighted by Crippen LogP contribution is 2.15. The molecule has 0 spiro atoms. The van der Waals surface area contributed by atoms with E-state index in [1.165, 1.54) is 94.9 Å². The van der Waals surface area contributed by atoms with Crippen LogP contribution in [0.15, 0.2) is 0 Å². The summed E-state index contributed by atoms with van der Waals surface area (Å²) in [5.74, 6) is 0.720. The summed E-state index contributed by atoms with van der Waals surface area (Å²) in [7, 11) is 4.43. The molecular formula is C20H44BrNO. The molecule has 2 N–H and O–H groups in total. The van der Waals surface area contributed by atoms with Crippen LogP contribution in [-0.2, 0) is 0 Å². The van der Waals surface area contributed by atoms with Crippen LogP contribution in [0.2, 0.25) is 0 Å². The fourth-order valence-corrected chi connectivity index (χ4v) is 3.38. The first-order valence-electron chi connectivity index (χ1n) is 10.1. The van der Waals surface area contributed by atoms with E-state index >= 15 is 0 Å². The lowest BCUT2D eigenvalue weighted by molar-refractivity contribution is -0.862. The average Bonchev–Trinajstić information content (AvgIpc) is 2.48. The molecule has 1 unspecified atom stereocenters. The van der Waals surface area contributed by atoms with E-state index in [2.05, 4.69) is 21.0 Å². The molecule has 23 heavy (non-hydrogen) atoms. The minimum absolute atomic E-state index is 0. The Morgan fingerprint density at radius 1 is 0.696 bits per heavy atom. The molecule has 0 radical (unpaired) electrons. The summed E-state index contributed by atoms with van der Waals surface area (Å²) in [6, 6.07) is 0. The van der Waals surface area contributed by atoms with Crippen molar-refractivity contribution in [3.8, 4) is 0 Å². The summed E-state index contributed by atoms with van der Waals surface area (Å²) >= 11 is 0. The SMILES string of the molecule is CCCCCCCCCCCCCCC(CCO)C[NH+](C)C.[Br-]. The van der Waals surface area contributed by atoms with Gasteiger partial charge in [-0.3, -0.25) is 0 Å².